The molecule has 0 saturated carbocycles. The van der Waals surface area contributed by atoms with Gasteiger partial charge in [-0.05, 0) is 85.0 Å². The van der Waals surface area contributed by atoms with E-state index in [0.717, 1.165) is 12.2 Å². The molecular weight excluding hydrogens is 346 g/mol. The lowest BCUT2D eigenvalue weighted by Gasteiger charge is -2.42. The van der Waals surface area contributed by atoms with Crippen LogP contribution >= 0.6 is 0 Å². The lowest BCUT2D eigenvalue weighted by molar-refractivity contribution is 0.0526. The predicted octanol–water partition coefficient (Wildman–Crippen LogP) is 6.37. The van der Waals surface area contributed by atoms with E-state index >= 15 is 0 Å². The number of hydrogen-bond donors (Lipinski definition) is 0. The Morgan fingerprint density at radius 3 is 2.04 bits per heavy atom. The molecule has 1 aliphatic carbocycles. The number of benzene rings is 2. The number of carbonyl (C=O) groups excluding carboxylic acids is 1. The van der Waals surface area contributed by atoms with Gasteiger partial charge >= 0.3 is 5.97 Å². The monoisotopic (exact) mass is 379 g/mol. The van der Waals surface area contributed by atoms with Crippen molar-refractivity contribution < 1.29 is 9.53 Å². The predicted molar refractivity (Wildman–Crippen MR) is 117 cm³/mol. The zero-order valence-electron chi connectivity index (χ0n) is 18.1. The van der Waals surface area contributed by atoms with Crippen LogP contribution in [0.3, 0.4) is 0 Å². The molecule has 0 radical (unpaired) electrons. The van der Waals surface area contributed by atoms with E-state index in [0.29, 0.717) is 12.2 Å². The lowest BCUT2D eigenvalue weighted by Crippen LogP contribution is -2.34. The SMILES string of the molecule is CCOC(=O)c1ccc(N(CC)c2ccc3c(c2)C(C)(C)CCC3(C)C)cc1. The molecule has 0 saturated heterocycles. The molecule has 0 aromatic heterocycles. The van der Waals surface area contributed by atoms with Gasteiger partial charge in [-0.15, -0.1) is 0 Å². The Hall–Kier alpha value is -2.29. The molecule has 0 spiro atoms. The maximum Gasteiger partial charge on any atom is 0.338 e. The van der Waals surface area contributed by atoms with Gasteiger partial charge in [-0.25, -0.2) is 4.79 Å². The van der Waals surface area contributed by atoms with Crippen LogP contribution in [0.15, 0.2) is 42.5 Å². The second kappa shape index (κ2) is 7.62. The molecule has 3 heteroatoms. The highest BCUT2D eigenvalue weighted by molar-refractivity contribution is 5.90. The first kappa shape index (κ1) is 20.4. The quantitative estimate of drug-likeness (QED) is 0.565. The average Bonchev–Trinajstić information content (AvgIpc) is 2.67. The van der Waals surface area contributed by atoms with Crippen LogP contribution in [-0.4, -0.2) is 19.1 Å². The van der Waals surface area contributed by atoms with E-state index in [1.165, 1.54) is 29.7 Å². The number of esters is 1. The van der Waals surface area contributed by atoms with Crippen molar-refractivity contribution in [3.05, 3.63) is 59.2 Å². The van der Waals surface area contributed by atoms with Crippen LogP contribution in [0.1, 0.15) is 75.9 Å². The number of anilines is 2. The minimum absolute atomic E-state index is 0.189. The van der Waals surface area contributed by atoms with Crippen LogP contribution in [0.4, 0.5) is 11.4 Å². The van der Waals surface area contributed by atoms with Gasteiger partial charge in [0.15, 0.2) is 0 Å². The number of nitrogens with zero attached hydrogens (tertiary/aromatic N) is 1. The van der Waals surface area contributed by atoms with Gasteiger partial charge in [0.05, 0.1) is 12.2 Å². The normalized spacial score (nSPS) is 16.9. The Kier molecular flexibility index (Phi) is 5.56. The Balaban J connectivity index is 1.97. The van der Waals surface area contributed by atoms with E-state index in [1.54, 1.807) is 0 Å². The molecule has 0 bridgehead atoms. The topological polar surface area (TPSA) is 29.5 Å². The van der Waals surface area contributed by atoms with Gasteiger partial charge in [0, 0.05) is 17.9 Å². The van der Waals surface area contributed by atoms with Crippen LogP contribution < -0.4 is 4.90 Å². The van der Waals surface area contributed by atoms with Crippen molar-refractivity contribution >= 4 is 17.3 Å². The Morgan fingerprint density at radius 2 is 1.46 bits per heavy atom. The molecule has 3 rings (SSSR count). The first-order chi connectivity index (χ1) is 13.2. The Morgan fingerprint density at radius 1 is 0.893 bits per heavy atom. The summed E-state index contributed by atoms with van der Waals surface area (Å²) in [6, 6.07) is 14.6. The molecule has 0 N–H and O–H groups in total. The van der Waals surface area contributed by atoms with Crippen molar-refractivity contribution in [1.29, 1.82) is 0 Å². The Bertz CT molecular complexity index is 849. The fraction of sp³-hybridized carbons (Fsp3) is 0.480. The third-order valence-electron chi connectivity index (χ3n) is 6.15. The van der Waals surface area contributed by atoms with E-state index in [4.69, 9.17) is 4.74 Å². The summed E-state index contributed by atoms with van der Waals surface area (Å²) in [5.74, 6) is -0.269. The number of ether oxygens (including phenoxy) is 1. The van der Waals surface area contributed by atoms with Gasteiger partial charge in [0.1, 0.15) is 0 Å². The van der Waals surface area contributed by atoms with Gasteiger partial charge in [-0.2, -0.15) is 0 Å². The second-order valence-corrected chi connectivity index (χ2v) is 9.01. The molecule has 28 heavy (non-hydrogen) atoms. The first-order valence-corrected chi connectivity index (χ1v) is 10.4. The molecule has 0 unspecified atom stereocenters. The summed E-state index contributed by atoms with van der Waals surface area (Å²) in [6.07, 6.45) is 2.43. The second-order valence-electron chi connectivity index (χ2n) is 9.01. The van der Waals surface area contributed by atoms with Crippen LogP contribution in [-0.2, 0) is 15.6 Å². The van der Waals surface area contributed by atoms with Crippen molar-refractivity contribution in [3.8, 4) is 0 Å². The summed E-state index contributed by atoms with van der Waals surface area (Å²) in [4.78, 5) is 14.2. The van der Waals surface area contributed by atoms with E-state index in [-0.39, 0.29) is 16.8 Å². The zero-order chi connectivity index (χ0) is 20.5. The molecule has 0 atom stereocenters. The summed E-state index contributed by atoms with van der Waals surface area (Å²) in [6.45, 7) is 14.7. The molecule has 150 valence electrons. The van der Waals surface area contributed by atoms with Crippen LogP contribution in [0.5, 0.6) is 0 Å². The van der Waals surface area contributed by atoms with Gasteiger partial charge in [0.25, 0.3) is 0 Å². The number of rotatable bonds is 5. The molecule has 3 nitrogen and oxygen atoms in total. The third-order valence-corrected chi connectivity index (χ3v) is 6.15. The van der Waals surface area contributed by atoms with Gasteiger partial charge in [-0.3, -0.25) is 0 Å². The summed E-state index contributed by atoms with van der Waals surface area (Å²) < 4.78 is 5.09. The average molecular weight is 380 g/mol. The summed E-state index contributed by atoms with van der Waals surface area (Å²) in [5, 5.41) is 0. The van der Waals surface area contributed by atoms with E-state index in [2.05, 4.69) is 57.7 Å². The summed E-state index contributed by atoms with van der Waals surface area (Å²) in [7, 11) is 0. The van der Waals surface area contributed by atoms with Gasteiger partial charge in [0.2, 0.25) is 0 Å². The van der Waals surface area contributed by atoms with Crippen molar-refractivity contribution in [3.63, 3.8) is 0 Å². The standard InChI is InChI=1S/C25H33NO2/c1-7-26(19-11-9-18(10-12-19)23(27)28-8-2)20-13-14-21-22(17-20)25(5,6)16-15-24(21,3)4/h9-14,17H,7-8,15-16H2,1-6H3. The fourth-order valence-electron chi connectivity index (χ4n) is 4.25. The third kappa shape index (κ3) is 3.80. The van der Waals surface area contributed by atoms with E-state index in [1.807, 2.05) is 31.2 Å². The Labute approximate surface area is 169 Å². The van der Waals surface area contributed by atoms with Crippen LogP contribution in [0.25, 0.3) is 0 Å². The number of hydrogen-bond acceptors (Lipinski definition) is 3. The number of fused-ring (bicyclic) bond motifs is 1. The molecule has 2 aromatic carbocycles. The number of carbonyl (C=O) groups is 1. The molecule has 0 aliphatic heterocycles. The zero-order valence-corrected chi connectivity index (χ0v) is 18.1. The first-order valence-electron chi connectivity index (χ1n) is 10.4. The highest BCUT2D eigenvalue weighted by atomic mass is 16.5. The fourth-order valence-corrected chi connectivity index (χ4v) is 4.25. The van der Waals surface area contributed by atoms with Crippen molar-refractivity contribution in [2.75, 3.05) is 18.1 Å². The van der Waals surface area contributed by atoms with Crippen LogP contribution in [0, 0.1) is 0 Å². The van der Waals surface area contributed by atoms with Crippen molar-refractivity contribution in [2.45, 2.75) is 65.2 Å². The molecule has 1 aliphatic rings. The smallest absolute Gasteiger partial charge is 0.338 e. The lowest BCUT2D eigenvalue weighted by atomic mass is 9.63. The maximum absolute atomic E-state index is 11.9. The maximum atomic E-state index is 11.9. The largest absolute Gasteiger partial charge is 0.462 e. The minimum atomic E-state index is -0.269. The molecular formula is C25H33NO2. The van der Waals surface area contributed by atoms with Gasteiger partial charge in [-0.1, -0.05) is 33.8 Å². The molecule has 0 heterocycles. The van der Waals surface area contributed by atoms with E-state index in [9.17, 15) is 4.79 Å². The van der Waals surface area contributed by atoms with Crippen LogP contribution in [0.2, 0.25) is 0 Å². The summed E-state index contributed by atoms with van der Waals surface area (Å²) >= 11 is 0. The van der Waals surface area contributed by atoms with E-state index < -0.39 is 0 Å². The highest BCUT2D eigenvalue weighted by Crippen LogP contribution is 2.47. The molecule has 0 amide bonds. The van der Waals surface area contributed by atoms with Crippen molar-refractivity contribution in [2.24, 2.45) is 0 Å². The minimum Gasteiger partial charge on any atom is -0.462 e. The van der Waals surface area contributed by atoms with Gasteiger partial charge < -0.3 is 9.64 Å². The summed E-state index contributed by atoms with van der Waals surface area (Å²) in [5.41, 5.74) is 6.23. The highest BCUT2D eigenvalue weighted by Gasteiger charge is 2.37. The molecule has 2 aromatic rings. The van der Waals surface area contributed by atoms with Crippen molar-refractivity contribution in [1.82, 2.24) is 0 Å². The molecule has 0 fully saturated rings.